The summed E-state index contributed by atoms with van der Waals surface area (Å²) >= 11 is 0. The van der Waals surface area contributed by atoms with Crippen molar-refractivity contribution in [1.82, 2.24) is 19.9 Å². The average molecular weight is 1280 g/mol. The number of carbonyl (C=O) groups excluding carboxylic acids is 4. The average Bonchev–Trinajstić information content (AvgIpc) is 3.34. The van der Waals surface area contributed by atoms with Crippen LogP contribution >= 0.6 is 0 Å². The number of aromatic carboxylic acids is 4. The van der Waals surface area contributed by atoms with E-state index in [1.807, 2.05) is 48.5 Å². The van der Waals surface area contributed by atoms with Crippen LogP contribution in [0.3, 0.4) is 0 Å². The molecule has 0 fully saturated rings. The van der Waals surface area contributed by atoms with Crippen molar-refractivity contribution >= 4 is 67.5 Å². The first-order valence-electron chi connectivity index (χ1n) is 18.3. The number of fused-ring (bicyclic) bond motifs is 4. The molecule has 4 aromatic carbocycles. The van der Waals surface area contributed by atoms with E-state index in [2.05, 4.69) is 19.9 Å². The molecule has 68 heavy (non-hydrogen) atoms. The Kier molecular flexibility index (Phi) is 29.2. The summed E-state index contributed by atoms with van der Waals surface area (Å²) in [4.78, 5) is 58.5. The predicted octanol–water partition coefficient (Wildman–Crippen LogP) is 0.138. The molecule has 0 N–H and O–H groups in total. The zero-order chi connectivity index (χ0) is 47.3. The normalized spacial score (nSPS) is 9.18. The van der Waals surface area contributed by atoms with Crippen LogP contribution in [0.1, 0.15) is 42.0 Å². The third-order valence-electron chi connectivity index (χ3n) is 8.43. The number of hydrogen-bond acceptors (Lipinski definition) is 18. The van der Waals surface area contributed by atoms with E-state index in [0.717, 1.165) is 35.8 Å². The molecule has 8 rings (SSSR count). The Hall–Kier alpha value is -7.24. The summed E-state index contributed by atoms with van der Waals surface area (Å²) in [5, 5.41) is 62.4. The fraction of sp³-hybridized carbons (Fsp3) is 0.130. The smallest absolute Gasteiger partial charge is 0.130 e. The van der Waals surface area contributed by atoms with Gasteiger partial charge in [0.1, 0.15) is 23.0 Å². The number of methoxy groups -OCH3 is 4. The van der Waals surface area contributed by atoms with Gasteiger partial charge in [0.15, 0.2) is 0 Å². The van der Waals surface area contributed by atoms with Gasteiger partial charge in [-0.2, -0.15) is 14.2 Å². The molecule has 0 atom stereocenters. The zero-order valence-corrected chi connectivity index (χ0v) is 42.1. The second-order valence-corrected chi connectivity index (χ2v) is 12.1. The van der Waals surface area contributed by atoms with Crippen molar-refractivity contribution in [1.29, 1.82) is 0 Å². The second kappa shape index (κ2) is 31.6. The first-order valence-corrected chi connectivity index (χ1v) is 18.3. The van der Waals surface area contributed by atoms with Crippen LogP contribution in [0.15, 0.2) is 121 Å². The van der Waals surface area contributed by atoms with Crippen LogP contribution in [0.5, 0.6) is 23.0 Å². The van der Waals surface area contributed by atoms with E-state index in [9.17, 15) is 39.6 Å². The summed E-state index contributed by atoms with van der Waals surface area (Å²) in [7, 11) is 7.45. The fourth-order valence-electron chi connectivity index (χ4n) is 5.67. The number of carboxylic acids is 4. The number of rotatable bonds is 8. The third kappa shape index (κ3) is 16.6. The molecule has 20 nitrogen and oxygen atoms in total. The Morgan fingerprint density at radius 2 is 0.515 bits per heavy atom. The molecule has 8 aromatic rings. The van der Waals surface area contributed by atoms with Crippen LogP contribution < -0.4 is 49.6 Å². The summed E-state index contributed by atoms with van der Waals surface area (Å²) in [5.41, 5.74) is 1.84. The molecule has 0 aliphatic heterocycles. The van der Waals surface area contributed by atoms with Crippen LogP contribution in [-0.4, -0.2) is 86.5 Å². The van der Waals surface area contributed by atoms with Gasteiger partial charge in [-0.15, -0.1) is 0 Å². The van der Waals surface area contributed by atoms with Crippen molar-refractivity contribution in [3.63, 3.8) is 0 Å². The van der Waals surface area contributed by atoms with E-state index in [0.29, 0.717) is 45.1 Å². The number of para-hydroxylation sites is 4. The van der Waals surface area contributed by atoms with Crippen molar-refractivity contribution in [2.45, 2.75) is 0 Å². The monoisotopic (exact) mass is 1280 g/mol. The van der Waals surface area contributed by atoms with Gasteiger partial charge in [-0.3, -0.25) is 0 Å². The molecule has 0 saturated carbocycles. The summed E-state index contributed by atoms with van der Waals surface area (Å²) < 4.78 is 20.3. The zero-order valence-electron chi connectivity index (χ0n) is 36.6. The molecule has 4 heterocycles. The van der Waals surface area contributed by atoms with Gasteiger partial charge in [0.05, 0.1) is 97.2 Å². The molecular formula is C46H38N4O16Re2-10. The molecule has 0 bridgehead atoms. The molecule has 0 saturated heterocycles. The maximum Gasteiger partial charge on any atom is 0.130 e. The number of benzene rings is 4. The van der Waals surface area contributed by atoms with Crippen LogP contribution in [0, 0.1) is 0 Å². The van der Waals surface area contributed by atoms with Gasteiger partial charge in [0.2, 0.25) is 0 Å². The quantitative estimate of drug-likeness (QED) is 0.195. The van der Waals surface area contributed by atoms with E-state index >= 15 is 0 Å². The Bertz CT molecular complexity index is 2500. The van der Waals surface area contributed by atoms with Crippen molar-refractivity contribution in [2.75, 3.05) is 42.7 Å². The molecule has 0 aliphatic rings. The molecule has 0 spiro atoms. The van der Waals surface area contributed by atoms with E-state index in [-0.39, 0.29) is 74.6 Å². The number of carbonyl (C=O) groups is 4. The van der Waals surface area contributed by atoms with Gasteiger partial charge >= 0.3 is 0 Å². The minimum Gasteiger partial charge on any atom is -2.00 e. The maximum absolute atomic E-state index is 10.7. The summed E-state index contributed by atoms with van der Waals surface area (Å²) in [6.07, 6.45) is 0. The molecule has 2 radical (unpaired) electrons. The number of carboxylic acid groups (broad SMARTS) is 4. The molecule has 0 aliphatic carbocycles. The van der Waals surface area contributed by atoms with Crippen molar-refractivity contribution in [2.24, 2.45) is 0 Å². The van der Waals surface area contributed by atoms with Gasteiger partial charge < -0.3 is 79.7 Å². The number of pyridine rings is 4. The van der Waals surface area contributed by atoms with Crippen LogP contribution in [0.4, 0.5) is 0 Å². The molecular weight excluding hydrogens is 1240 g/mol. The van der Waals surface area contributed by atoms with Crippen molar-refractivity contribution in [3.8, 4) is 23.0 Å². The Balaban J connectivity index is 0. The van der Waals surface area contributed by atoms with Gasteiger partial charge in [-0.1, -0.05) is 48.5 Å². The van der Waals surface area contributed by atoms with Crippen LogP contribution in [0.25, 0.3) is 43.6 Å². The SMILES string of the molecule is COc1cc(C(=O)[O-])nc2ccccc12.COc1cc(C(=O)[O-])nc2ccccc12.COc1cc(C(=O)[O-])nc2ccccc12.COc1cc(C(=O)[O-])nc2ccccc12.C[O-].C[O-].[O-2].[O-2].[Re].[Re]. The predicted molar refractivity (Wildman–Crippen MR) is 224 cm³/mol. The topological polar surface area (TPSA) is 352 Å². The summed E-state index contributed by atoms with van der Waals surface area (Å²) in [6.45, 7) is 0. The minimum atomic E-state index is -1.31. The molecule has 0 unspecified atom stereocenters. The largest absolute Gasteiger partial charge is 2.00 e. The van der Waals surface area contributed by atoms with Gasteiger partial charge in [-0.05, 0) is 48.5 Å². The summed E-state index contributed by atoms with van der Waals surface area (Å²) in [6, 6.07) is 34.1. The molecule has 0 amide bonds. The fourth-order valence-corrected chi connectivity index (χ4v) is 5.67. The molecule has 362 valence electrons. The second-order valence-electron chi connectivity index (χ2n) is 12.1. The number of nitrogens with zero attached hydrogens (tertiary/aromatic N) is 4. The Morgan fingerprint density at radius 3 is 0.662 bits per heavy atom. The maximum atomic E-state index is 10.7. The Morgan fingerprint density at radius 1 is 0.353 bits per heavy atom. The van der Waals surface area contributed by atoms with E-state index in [1.54, 1.807) is 48.5 Å². The van der Waals surface area contributed by atoms with Crippen LogP contribution in [-0.2, 0) is 51.8 Å². The first-order chi connectivity index (χ1) is 30.9. The molecule has 22 heteroatoms. The van der Waals surface area contributed by atoms with Gasteiger partial charge in [0, 0.05) is 86.7 Å². The summed E-state index contributed by atoms with van der Waals surface area (Å²) in [5.74, 6) is -3.28. The van der Waals surface area contributed by atoms with Gasteiger partial charge in [-0.25, -0.2) is 19.9 Å². The molecule has 4 aromatic heterocycles. The van der Waals surface area contributed by atoms with E-state index in [4.69, 9.17) is 29.2 Å². The standard InChI is InChI=1S/4C11H9NO3.2CH3O.2O.2Re/c4*1-15-10-6-9(11(13)14)12-8-5-3-2-4-7(8)10;2*1-2;;;;/h4*2-6H,1H3,(H,13,14);2*1H3;;;;/q;;;;2*-1;2*-2;;/p-4. The number of aromatic nitrogens is 4. The minimum absolute atomic E-state index is 0. The van der Waals surface area contributed by atoms with E-state index in [1.165, 1.54) is 52.7 Å². The first kappa shape index (κ1) is 62.9. The van der Waals surface area contributed by atoms with Gasteiger partial charge in [0.25, 0.3) is 0 Å². The Labute approximate surface area is 415 Å². The van der Waals surface area contributed by atoms with Crippen LogP contribution in [0.2, 0.25) is 0 Å². The number of ether oxygens (including phenoxy) is 4. The van der Waals surface area contributed by atoms with Crippen molar-refractivity contribution < 1.29 is 121 Å². The number of hydrogen-bond donors (Lipinski definition) is 0. The van der Waals surface area contributed by atoms with E-state index < -0.39 is 23.9 Å². The third-order valence-corrected chi connectivity index (χ3v) is 8.43. The van der Waals surface area contributed by atoms with Crippen molar-refractivity contribution in [3.05, 3.63) is 144 Å².